The van der Waals surface area contributed by atoms with Gasteiger partial charge in [0.25, 0.3) is 5.91 Å². The van der Waals surface area contributed by atoms with E-state index < -0.39 is 0 Å². The van der Waals surface area contributed by atoms with Gasteiger partial charge in [-0.1, -0.05) is 0 Å². The van der Waals surface area contributed by atoms with Crippen molar-refractivity contribution < 1.29 is 9.53 Å². The van der Waals surface area contributed by atoms with E-state index in [-0.39, 0.29) is 11.9 Å². The first kappa shape index (κ1) is 16.8. The van der Waals surface area contributed by atoms with Gasteiger partial charge in [0.15, 0.2) is 0 Å². The number of ether oxygens (including phenoxy) is 1. The zero-order valence-corrected chi connectivity index (χ0v) is 14.5. The highest BCUT2D eigenvalue weighted by Gasteiger charge is 2.27. The summed E-state index contributed by atoms with van der Waals surface area (Å²) in [4.78, 5) is 31.5. The predicted octanol–water partition coefficient (Wildman–Crippen LogP) is 1.17. The van der Waals surface area contributed by atoms with Crippen LogP contribution in [0.25, 0.3) is 0 Å². The SMILES string of the molecule is O=C(NC1CCN(c2nccc(C3CCOCC3)n2)C1)c1cnccn1. The van der Waals surface area contributed by atoms with Crippen molar-refractivity contribution in [2.75, 3.05) is 31.2 Å². The monoisotopic (exact) mass is 354 g/mol. The number of aromatic nitrogens is 4. The maximum Gasteiger partial charge on any atom is 0.271 e. The zero-order valence-electron chi connectivity index (χ0n) is 14.5. The number of hydrogen-bond donors (Lipinski definition) is 1. The molecule has 8 nitrogen and oxygen atoms in total. The van der Waals surface area contributed by atoms with Gasteiger partial charge in [0.2, 0.25) is 5.95 Å². The highest BCUT2D eigenvalue weighted by Crippen LogP contribution is 2.26. The van der Waals surface area contributed by atoms with Gasteiger partial charge in [-0.25, -0.2) is 15.0 Å². The first-order valence-corrected chi connectivity index (χ1v) is 9.02. The van der Waals surface area contributed by atoms with E-state index in [0.717, 1.165) is 50.7 Å². The molecule has 4 rings (SSSR count). The third-order valence-corrected chi connectivity index (χ3v) is 4.91. The molecule has 1 unspecified atom stereocenters. The Balaban J connectivity index is 1.38. The summed E-state index contributed by atoms with van der Waals surface area (Å²) in [6.07, 6.45) is 9.25. The van der Waals surface area contributed by atoms with E-state index in [1.165, 1.54) is 12.4 Å². The molecular formula is C18H22N6O2. The van der Waals surface area contributed by atoms with Gasteiger partial charge in [-0.3, -0.25) is 9.78 Å². The number of rotatable bonds is 4. The number of hydrogen-bond acceptors (Lipinski definition) is 7. The van der Waals surface area contributed by atoms with Crippen LogP contribution in [0.15, 0.2) is 30.9 Å². The molecule has 1 amide bonds. The first-order valence-electron chi connectivity index (χ1n) is 9.02. The minimum absolute atomic E-state index is 0.0554. The summed E-state index contributed by atoms with van der Waals surface area (Å²) < 4.78 is 5.44. The van der Waals surface area contributed by atoms with Crippen LogP contribution in [0, 0.1) is 0 Å². The number of anilines is 1. The van der Waals surface area contributed by atoms with Crippen molar-refractivity contribution in [3.05, 3.63) is 42.2 Å². The molecule has 4 heterocycles. The van der Waals surface area contributed by atoms with Crippen LogP contribution in [-0.4, -0.2) is 58.2 Å². The Labute approximate surface area is 152 Å². The van der Waals surface area contributed by atoms with E-state index in [9.17, 15) is 4.79 Å². The number of nitrogens with one attached hydrogen (secondary N) is 1. The fourth-order valence-electron chi connectivity index (χ4n) is 3.47. The summed E-state index contributed by atoms with van der Waals surface area (Å²) in [5.41, 5.74) is 1.43. The molecule has 8 heteroatoms. The van der Waals surface area contributed by atoms with Gasteiger partial charge >= 0.3 is 0 Å². The summed E-state index contributed by atoms with van der Waals surface area (Å²) in [6.45, 7) is 3.11. The van der Waals surface area contributed by atoms with Crippen LogP contribution < -0.4 is 10.2 Å². The molecule has 0 radical (unpaired) electrons. The fraction of sp³-hybridized carbons (Fsp3) is 0.500. The number of carbonyl (C=O) groups is 1. The van der Waals surface area contributed by atoms with Gasteiger partial charge in [-0.15, -0.1) is 0 Å². The summed E-state index contributed by atoms with van der Waals surface area (Å²) in [6, 6.07) is 2.06. The van der Waals surface area contributed by atoms with Crippen molar-refractivity contribution in [3.8, 4) is 0 Å². The molecule has 0 spiro atoms. The third-order valence-electron chi connectivity index (χ3n) is 4.91. The molecule has 2 aromatic heterocycles. The molecule has 0 saturated carbocycles. The number of carbonyl (C=O) groups excluding carboxylic acids is 1. The van der Waals surface area contributed by atoms with Crippen LogP contribution >= 0.6 is 0 Å². The highest BCUT2D eigenvalue weighted by molar-refractivity contribution is 5.92. The van der Waals surface area contributed by atoms with Crippen molar-refractivity contribution >= 4 is 11.9 Å². The Morgan fingerprint density at radius 3 is 2.85 bits per heavy atom. The molecule has 0 bridgehead atoms. The quantitative estimate of drug-likeness (QED) is 0.881. The Morgan fingerprint density at radius 1 is 1.15 bits per heavy atom. The average Bonchev–Trinajstić information content (AvgIpc) is 3.18. The Kier molecular flexibility index (Phi) is 5.01. The van der Waals surface area contributed by atoms with E-state index in [0.29, 0.717) is 18.2 Å². The van der Waals surface area contributed by atoms with Crippen LogP contribution in [0.4, 0.5) is 5.95 Å². The molecule has 0 aliphatic carbocycles. The molecule has 2 aliphatic rings. The number of nitrogens with zero attached hydrogens (tertiary/aromatic N) is 5. The van der Waals surface area contributed by atoms with E-state index in [1.807, 2.05) is 12.3 Å². The molecule has 2 saturated heterocycles. The summed E-state index contributed by atoms with van der Waals surface area (Å²) in [5.74, 6) is 0.993. The Morgan fingerprint density at radius 2 is 2.04 bits per heavy atom. The van der Waals surface area contributed by atoms with Gasteiger partial charge in [-0.2, -0.15) is 0 Å². The van der Waals surface area contributed by atoms with Crippen molar-refractivity contribution in [1.29, 1.82) is 0 Å². The third kappa shape index (κ3) is 3.80. The lowest BCUT2D eigenvalue weighted by Gasteiger charge is -2.23. The molecule has 2 fully saturated rings. The van der Waals surface area contributed by atoms with Crippen molar-refractivity contribution in [1.82, 2.24) is 25.3 Å². The van der Waals surface area contributed by atoms with Gasteiger partial charge in [0, 0.05) is 62.5 Å². The zero-order chi connectivity index (χ0) is 17.8. The summed E-state index contributed by atoms with van der Waals surface area (Å²) >= 11 is 0. The van der Waals surface area contributed by atoms with Crippen molar-refractivity contribution in [2.24, 2.45) is 0 Å². The second kappa shape index (κ2) is 7.74. The number of amides is 1. The Hall–Kier alpha value is -2.61. The molecule has 2 aliphatic heterocycles. The molecule has 136 valence electrons. The van der Waals surface area contributed by atoms with Crippen LogP contribution in [-0.2, 0) is 4.74 Å². The fourth-order valence-corrected chi connectivity index (χ4v) is 3.47. The molecule has 2 aromatic rings. The van der Waals surface area contributed by atoms with Crippen LogP contribution in [0.1, 0.15) is 41.4 Å². The molecule has 26 heavy (non-hydrogen) atoms. The van der Waals surface area contributed by atoms with Gasteiger partial charge < -0.3 is 15.0 Å². The highest BCUT2D eigenvalue weighted by atomic mass is 16.5. The molecule has 1 atom stereocenters. The largest absolute Gasteiger partial charge is 0.381 e. The average molecular weight is 354 g/mol. The van der Waals surface area contributed by atoms with E-state index >= 15 is 0 Å². The summed E-state index contributed by atoms with van der Waals surface area (Å²) in [7, 11) is 0. The predicted molar refractivity (Wildman–Crippen MR) is 94.9 cm³/mol. The molecular weight excluding hydrogens is 332 g/mol. The standard InChI is InChI=1S/C18H22N6O2/c25-17(16-11-19-6-7-20-16)22-14-2-8-24(12-14)18-21-5-1-15(23-18)13-3-9-26-10-4-13/h1,5-7,11,13-14H,2-4,8-10,12H2,(H,22,25). The van der Waals surface area contributed by atoms with E-state index in [4.69, 9.17) is 9.72 Å². The minimum Gasteiger partial charge on any atom is -0.381 e. The minimum atomic E-state index is -0.193. The lowest BCUT2D eigenvalue weighted by molar-refractivity contribution is 0.0845. The second-order valence-electron chi connectivity index (χ2n) is 6.66. The van der Waals surface area contributed by atoms with Crippen LogP contribution in [0.3, 0.4) is 0 Å². The normalized spacial score (nSPS) is 20.9. The second-order valence-corrected chi connectivity index (χ2v) is 6.66. The lowest BCUT2D eigenvalue weighted by Crippen LogP contribution is -2.37. The topological polar surface area (TPSA) is 93.1 Å². The van der Waals surface area contributed by atoms with E-state index in [2.05, 4.69) is 25.2 Å². The maximum atomic E-state index is 12.2. The Bertz CT molecular complexity index is 750. The van der Waals surface area contributed by atoms with Crippen molar-refractivity contribution in [2.45, 2.75) is 31.2 Å². The van der Waals surface area contributed by atoms with E-state index in [1.54, 1.807) is 6.20 Å². The van der Waals surface area contributed by atoms with Crippen LogP contribution in [0.5, 0.6) is 0 Å². The van der Waals surface area contributed by atoms with Crippen LogP contribution in [0.2, 0.25) is 0 Å². The maximum absolute atomic E-state index is 12.2. The van der Waals surface area contributed by atoms with Gasteiger partial charge in [-0.05, 0) is 25.3 Å². The van der Waals surface area contributed by atoms with Gasteiger partial charge in [0.05, 0.1) is 6.20 Å². The van der Waals surface area contributed by atoms with Gasteiger partial charge in [0.1, 0.15) is 5.69 Å². The smallest absolute Gasteiger partial charge is 0.271 e. The van der Waals surface area contributed by atoms with Crippen molar-refractivity contribution in [3.63, 3.8) is 0 Å². The summed E-state index contributed by atoms with van der Waals surface area (Å²) in [5, 5.41) is 3.02. The molecule has 1 N–H and O–H groups in total. The first-order chi connectivity index (χ1) is 12.8. The lowest BCUT2D eigenvalue weighted by atomic mass is 9.96. The molecule has 0 aromatic carbocycles.